The third-order valence-electron chi connectivity index (χ3n) is 5.39. The Labute approximate surface area is 138 Å². The predicted octanol–water partition coefficient (Wildman–Crippen LogP) is 4.43. The van der Waals surface area contributed by atoms with Crippen molar-refractivity contribution in [2.24, 2.45) is 0 Å². The number of hydrogen-bond acceptors (Lipinski definition) is 3. The first-order valence-electron chi connectivity index (χ1n) is 8.13. The third kappa shape index (κ3) is 2.81. The van der Waals surface area contributed by atoms with Gasteiger partial charge in [-0.15, -0.1) is 0 Å². The molecule has 5 heteroatoms. The van der Waals surface area contributed by atoms with Crippen LogP contribution in [0.3, 0.4) is 0 Å². The predicted molar refractivity (Wildman–Crippen MR) is 89.2 cm³/mol. The van der Waals surface area contributed by atoms with E-state index in [0.717, 1.165) is 29.7 Å². The monoisotopic (exact) mass is 318 g/mol. The molecule has 1 saturated carbocycles. The maximum atomic E-state index is 15.0. The van der Waals surface area contributed by atoms with Crippen LogP contribution >= 0.6 is 0 Å². The highest BCUT2D eigenvalue weighted by Gasteiger charge is 2.54. The zero-order chi connectivity index (χ0) is 16.8. The fraction of sp³-hybridized carbons (Fsp3) is 0.556. The Balaban J connectivity index is 1.84. The average Bonchev–Trinajstić information content (AvgIpc) is 2.66. The highest BCUT2D eigenvalue weighted by atomic mass is 19.1. The van der Waals surface area contributed by atoms with Crippen LogP contribution in [0.25, 0.3) is 0 Å². The summed E-state index contributed by atoms with van der Waals surface area (Å²) in [4.78, 5) is 0. The zero-order valence-electron chi connectivity index (χ0n) is 14.5. The molecule has 0 radical (unpaired) electrons. The lowest BCUT2D eigenvalue weighted by molar-refractivity contribution is 0.00578. The van der Waals surface area contributed by atoms with Gasteiger partial charge in [-0.05, 0) is 63.8 Å². The van der Waals surface area contributed by atoms with Crippen LogP contribution in [0.4, 0.5) is 4.39 Å². The molecule has 1 aliphatic carbocycles. The number of allylic oxidation sites excluding steroid dienone is 1. The Morgan fingerprint density at radius 1 is 1.22 bits per heavy atom. The van der Waals surface area contributed by atoms with E-state index < -0.39 is 18.3 Å². The van der Waals surface area contributed by atoms with Gasteiger partial charge in [-0.3, -0.25) is 0 Å². The molecule has 3 rings (SSSR count). The minimum Gasteiger partial charge on any atom is -0.497 e. The molecule has 2 aliphatic rings. The SMILES string of the molecule is COc1cccc(C2CCC2=C(F)B2OC(C)(C)C(C)(C)O2)c1. The summed E-state index contributed by atoms with van der Waals surface area (Å²) in [7, 11) is 0.741. The van der Waals surface area contributed by atoms with Gasteiger partial charge >= 0.3 is 7.12 Å². The van der Waals surface area contributed by atoms with E-state index in [1.807, 2.05) is 52.0 Å². The van der Waals surface area contributed by atoms with Crippen molar-refractivity contribution in [3.8, 4) is 5.75 Å². The standard InChI is InChI=1S/C18H24BFO3/c1-17(2)18(3,4)23-19(22-17)16(20)15-10-9-14(15)12-7-6-8-13(11-12)21-5/h6-8,11,14H,9-10H2,1-5H3. The summed E-state index contributed by atoms with van der Waals surface area (Å²) >= 11 is 0. The molecule has 23 heavy (non-hydrogen) atoms. The second kappa shape index (κ2) is 5.64. The van der Waals surface area contributed by atoms with Crippen molar-refractivity contribution in [1.82, 2.24) is 0 Å². The van der Waals surface area contributed by atoms with Crippen LogP contribution in [0, 0.1) is 0 Å². The van der Waals surface area contributed by atoms with Gasteiger partial charge in [-0.2, -0.15) is 0 Å². The quantitative estimate of drug-likeness (QED) is 0.772. The van der Waals surface area contributed by atoms with E-state index in [2.05, 4.69) is 0 Å². The third-order valence-corrected chi connectivity index (χ3v) is 5.39. The van der Waals surface area contributed by atoms with E-state index in [9.17, 15) is 4.39 Å². The number of halogens is 1. The summed E-state index contributed by atoms with van der Waals surface area (Å²) in [5.74, 6) is 0.883. The van der Waals surface area contributed by atoms with Crippen molar-refractivity contribution in [2.75, 3.05) is 7.11 Å². The first-order valence-corrected chi connectivity index (χ1v) is 8.13. The van der Waals surface area contributed by atoms with Crippen LogP contribution in [-0.4, -0.2) is 25.4 Å². The molecule has 1 aliphatic heterocycles. The molecule has 0 amide bonds. The van der Waals surface area contributed by atoms with Crippen LogP contribution in [-0.2, 0) is 9.31 Å². The van der Waals surface area contributed by atoms with Crippen LogP contribution in [0.15, 0.2) is 35.6 Å². The molecule has 3 nitrogen and oxygen atoms in total. The van der Waals surface area contributed by atoms with E-state index in [-0.39, 0.29) is 11.6 Å². The van der Waals surface area contributed by atoms with Crippen molar-refractivity contribution in [3.05, 3.63) is 41.1 Å². The molecule has 1 unspecified atom stereocenters. The molecule has 1 aromatic rings. The van der Waals surface area contributed by atoms with E-state index in [0.29, 0.717) is 0 Å². The lowest BCUT2D eigenvalue weighted by Crippen LogP contribution is -2.41. The summed E-state index contributed by atoms with van der Waals surface area (Å²) in [5, 5.41) is 0. The van der Waals surface area contributed by atoms with E-state index in [4.69, 9.17) is 14.0 Å². The number of methoxy groups -OCH3 is 1. The van der Waals surface area contributed by atoms with Crippen molar-refractivity contribution >= 4 is 7.12 Å². The van der Waals surface area contributed by atoms with Gasteiger partial charge in [0.15, 0.2) is 0 Å². The van der Waals surface area contributed by atoms with Gasteiger partial charge in [0.05, 0.1) is 18.3 Å². The number of ether oxygens (including phenoxy) is 1. The molecule has 124 valence electrons. The molecule has 0 bridgehead atoms. The van der Waals surface area contributed by atoms with Gasteiger partial charge in [0.1, 0.15) is 11.5 Å². The minimum absolute atomic E-state index is 0.0872. The highest BCUT2D eigenvalue weighted by molar-refractivity contribution is 6.54. The largest absolute Gasteiger partial charge is 0.525 e. The Morgan fingerprint density at radius 2 is 1.87 bits per heavy atom. The van der Waals surface area contributed by atoms with Crippen molar-refractivity contribution in [3.63, 3.8) is 0 Å². The topological polar surface area (TPSA) is 27.7 Å². The van der Waals surface area contributed by atoms with Gasteiger partial charge in [0, 0.05) is 5.92 Å². The number of hydrogen-bond donors (Lipinski definition) is 0. The summed E-state index contributed by atoms with van der Waals surface area (Å²) in [6.07, 6.45) is 1.69. The summed E-state index contributed by atoms with van der Waals surface area (Å²) in [6, 6.07) is 7.83. The van der Waals surface area contributed by atoms with Crippen molar-refractivity contribution in [1.29, 1.82) is 0 Å². The molecule has 0 spiro atoms. The molecular weight excluding hydrogens is 294 g/mol. The Bertz CT molecular complexity index is 623. The minimum atomic E-state index is -0.900. The lowest BCUT2D eigenvalue weighted by atomic mass is 9.69. The van der Waals surface area contributed by atoms with Gasteiger partial charge in [-0.1, -0.05) is 12.1 Å². The average molecular weight is 318 g/mol. The van der Waals surface area contributed by atoms with Crippen LogP contribution in [0.5, 0.6) is 5.75 Å². The second-order valence-corrected chi connectivity index (χ2v) is 7.33. The Kier molecular flexibility index (Phi) is 4.05. The normalized spacial score (nSPS) is 27.6. The summed E-state index contributed by atoms with van der Waals surface area (Å²) in [5.41, 5.74) is 0.562. The second-order valence-electron chi connectivity index (χ2n) is 7.33. The van der Waals surface area contributed by atoms with E-state index in [1.54, 1.807) is 7.11 Å². The molecule has 2 fully saturated rings. The van der Waals surface area contributed by atoms with Crippen molar-refractivity contribution in [2.45, 2.75) is 57.7 Å². The number of rotatable bonds is 3. The highest BCUT2D eigenvalue weighted by Crippen LogP contribution is 2.47. The first-order chi connectivity index (χ1) is 10.7. The van der Waals surface area contributed by atoms with Crippen molar-refractivity contribution < 1.29 is 18.4 Å². The fourth-order valence-corrected chi connectivity index (χ4v) is 3.04. The zero-order valence-corrected chi connectivity index (χ0v) is 14.5. The van der Waals surface area contributed by atoms with E-state index in [1.165, 1.54) is 0 Å². The number of benzene rings is 1. The van der Waals surface area contributed by atoms with Gasteiger partial charge in [0.25, 0.3) is 0 Å². The molecular formula is C18H24BFO3. The fourth-order valence-electron chi connectivity index (χ4n) is 3.04. The Morgan fingerprint density at radius 3 is 2.39 bits per heavy atom. The Hall–Kier alpha value is -1.33. The molecule has 0 aromatic heterocycles. The molecule has 1 heterocycles. The van der Waals surface area contributed by atoms with Gasteiger partial charge < -0.3 is 14.0 Å². The maximum absolute atomic E-state index is 15.0. The van der Waals surface area contributed by atoms with Crippen LogP contribution < -0.4 is 4.74 Å². The van der Waals surface area contributed by atoms with Gasteiger partial charge in [0.2, 0.25) is 0 Å². The summed E-state index contributed by atoms with van der Waals surface area (Å²) < 4.78 is 31.9. The first kappa shape index (κ1) is 16.5. The van der Waals surface area contributed by atoms with Gasteiger partial charge in [-0.25, -0.2) is 4.39 Å². The van der Waals surface area contributed by atoms with Crippen LogP contribution in [0.1, 0.15) is 52.0 Å². The van der Waals surface area contributed by atoms with Crippen LogP contribution in [0.2, 0.25) is 0 Å². The molecule has 0 N–H and O–H groups in total. The molecule has 1 atom stereocenters. The maximum Gasteiger partial charge on any atom is 0.525 e. The molecule has 1 saturated heterocycles. The molecule has 1 aromatic carbocycles. The van der Waals surface area contributed by atoms with E-state index >= 15 is 0 Å². The lowest BCUT2D eigenvalue weighted by Gasteiger charge is -2.32. The smallest absolute Gasteiger partial charge is 0.497 e. The summed E-state index contributed by atoms with van der Waals surface area (Å²) in [6.45, 7) is 7.74.